The van der Waals surface area contributed by atoms with Gasteiger partial charge in [-0.25, -0.2) is 4.39 Å². The van der Waals surface area contributed by atoms with Gasteiger partial charge in [-0.1, -0.05) is 6.07 Å². The summed E-state index contributed by atoms with van der Waals surface area (Å²) in [6, 6.07) is 4.25. The van der Waals surface area contributed by atoms with Crippen LogP contribution in [0.15, 0.2) is 18.2 Å². The van der Waals surface area contributed by atoms with Gasteiger partial charge in [-0.05, 0) is 30.9 Å². The molecule has 1 aliphatic rings. The highest BCUT2D eigenvalue weighted by molar-refractivity contribution is 5.99. The van der Waals surface area contributed by atoms with Crippen LogP contribution < -0.4 is 5.73 Å². The first-order chi connectivity index (χ1) is 9.09. The van der Waals surface area contributed by atoms with Crippen molar-refractivity contribution in [1.82, 2.24) is 4.90 Å². The summed E-state index contributed by atoms with van der Waals surface area (Å²) < 4.78 is 18.8. The first-order valence-electron chi connectivity index (χ1n) is 6.46. The number of nitrogens with zero attached hydrogens (tertiary/aromatic N) is 1. The van der Waals surface area contributed by atoms with Crippen molar-refractivity contribution >= 4 is 11.6 Å². The number of amides is 1. The fraction of sp³-hybridized carbons (Fsp3) is 0.500. The number of carbonyl (C=O) groups is 1. The fourth-order valence-electron chi connectivity index (χ4n) is 1.77. The van der Waals surface area contributed by atoms with E-state index in [0.29, 0.717) is 19.1 Å². The van der Waals surface area contributed by atoms with Crippen LogP contribution in [-0.4, -0.2) is 37.6 Å². The molecule has 0 spiro atoms. The van der Waals surface area contributed by atoms with Crippen molar-refractivity contribution in [1.29, 1.82) is 0 Å². The van der Waals surface area contributed by atoms with Gasteiger partial charge in [0, 0.05) is 20.2 Å². The lowest BCUT2D eigenvalue weighted by molar-refractivity contribution is 0.0681. The molecule has 1 aromatic rings. The van der Waals surface area contributed by atoms with Gasteiger partial charge in [-0.2, -0.15) is 0 Å². The molecule has 1 amide bonds. The normalized spacial score (nSPS) is 14.4. The number of halogens is 1. The van der Waals surface area contributed by atoms with Crippen LogP contribution >= 0.6 is 0 Å². The Bertz CT molecular complexity index is 461. The molecule has 1 saturated carbocycles. The van der Waals surface area contributed by atoms with E-state index in [1.807, 2.05) is 0 Å². The van der Waals surface area contributed by atoms with E-state index in [0.717, 1.165) is 6.61 Å². The smallest absolute Gasteiger partial charge is 0.255 e. The van der Waals surface area contributed by atoms with E-state index >= 15 is 0 Å². The van der Waals surface area contributed by atoms with E-state index in [2.05, 4.69) is 0 Å². The van der Waals surface area contributed by atoms with Gasteiger partial charge in [0.15, 0.2) is 0 Å². The van der Waals surface area contributed by atoms with Gasteiger partial charge in [-0.15, -0.1) is 0 Å². The number of nitrogen functional groups attached to an aromatic ring is 1. The van der Waals surface area contributed by atoms with Gasteiger partial charge < -0.3 is 15.4 Å². The SMILES string of the molecule is CN(CCOCC1CC1)C(=O)c1cccc(F)c1N. The quantitative estimate of drug-likeness (QED) is 0.632. The Morgan fingerprint density at radius 2 is 2.26 bits per heavy atom. The van der Waals surface area contributed by atoms with Gasteiger partial charge in [0.1, 0.15) is 5.82 Å². The van der Waals surface area contributed by atoms with E-state index in [4.69, 9.17) is 10.5 Å². The van der Waals surface area contributed by atoms with Gasteiger partial charge >= 0.3 is 0 Å². The molecule has 1 fully saturated rings. The number of anilines is 1. The zero-order chi connectivity index (χ0) is 13.8. The highest BCUT2D eigenvalue weighted by Crippen LogP contribution is 2.28. The molecule has 0 unspecified atom stereocenters. The van der Waals surface area contributed by atoms with E-state index in [1.165, 1.54) is 35.9 Å². The summed E-state index contributed by atoms with van der Waals surface area (Å²) in [7, 11) is 1.66. The Morgan fingerprint density at radius 1 is 1.53 bits per heavy atom. The number of benzene rings is 1. The number of carbonyl (C=O) groups excluding carboxylic acids is 1. The molecule has 19 heavy (non-hydrogen) atoms. The van der Waals surface area contributed by atoms with Crippen LogP contribution in [-0.2, 0) is 4.74 Å². The average Bonchev–Trinajstić information content (AvgIpc) is 3.21. The van der Waals surface area contributed by atoms with Gasteiger partial charge in [0.25, 0.3) is 5.91 Å². The molecule has 1 aromatic carbocycles. The first kappa shape index (κ1) is 13.8. The minimum absolute atomic E-state index is 0.0988. The molecule has 0 radical (unpaired) electrons. The average molecular weight is 266 g/mol. The topological polar surface area (TPSA) is 55.6 Å². The molecule has 0 aliphatic heterocycles. The second kappa shape index (κ2) is 6.02. The van der Waals surface area contributed by atoms with Crippen molar-refractivity contribution in [3.8, 4) is 0 Å². The van der Waals surface area contributed by atoms with Crippen molar-refractivity contribution in [2.75, 3.05) is 32.5 Å². The Hall–Kier alpha value is -1.62. The van der Waals surface area contributed by atoms with Gasteiger partial charge in [-0.3, -0.25) is 4.79 Å². The summed E-state index contributed by atoms with van der Waals surface area (Å²) >= 11 is 0. The number of likely N-dealkylation sites (N-methyl/N-ethyl adjacent to an activating group) is 1. The predicted molar refractivity (Wildman–Crippen MR) is 71.3 cm³/mol. The molecule has 2 rings (SSSR count). The van der Waals surface area contributed by atoms with Crippen molar-refractivity contribution < 1.29 is 13.9 Å². The fourth-order valence-corrected chi connectivity index (χ4v) is 1.77. The third-order valence-electron chi connectivity index (χ3n) is 3.25. The minimum atomic E-state index is -0.566. The second-order valence-electron chi connectivity index (χ2n) is 4.95. The maximum Gasteiger partial charge on any atom is 0.255 e. The molecule has 0 saturated heterocycles. The third-order valence-corrected chi connectivity index (χ3v) is 3.25. The van der Waals surface area contributed by atoms with Crippen LogP contribution in [0, 0.1) is 11.7 Å². The molecule has 4 nitrogen and oxygen atoms in total. The molecule has 2 N–H and O–H groups in total. The lowest BCUT2D eigenvalue weighted by Gasteiger charge is -2.18. The maximum atomic E-state index is 13.3. The van der Waals surface area contributed by atoms with Crippen molar-refractivity contribution in [3.05, 3.63) is 29.6 Å². The molecular formula is C14H19FN2O2. The lowest BCUT2D eigenvalue weighted by atomic mass is 10.1. The van der Waals surface area contributed by atoms with Crippen molar-refractivity contribution in [2.24, 2.45) is 5.92 Å². The first-order valence-corrected chi connectivity index (χ1v) is 6.46. The van der Waals surface area contributed by atoms with Crippen molar-refractivity contribution in [2.45, 2.75) is 12.8 Å². The largest absolute Gasteiger partial charge is 0.396 e. The molecule has 104 valence electrons. The van der Waals surface area contributed by atoms with Crippen LogP contribution in [0.5, 0.6) is 0 Å². The van der Waals surface area contributed by atoms with Crippen LogP contribution in [0.2, 0.25) is 0 Å². The summed E-state index contributed by atoms with van der Waals surface area (Å²) in [5.41, 5.74) is 5.67. The Labute approximate surface area is 112 Å². The molecule has 0 bridgehead atoms. The summed E-state index contributed by atoms with van der Waals surface area (Å²) in [5.74, 6) is -0.142. The summed E-state index contributed by atoms with van der Waals surface area (Å²) in [4.78, 5) is 13.6. The number of para-hydroxylation sites is 1. The summed E-state index contributed by atoms with van der Waals surface area (Å²) in [6.45, 7) is 1.74. The molecule has 1 aliphatic carbocycles. The number of hydrogen-bond acceptors (Lipinski definition) is 3. The van der Waals surface area contributed by atoms with E-state index in [9.17, 15) is 9.18 Å². The Morgan fingerprint density at radius 3 is 2.95 bits per heavy atom. The lowest BCUT2D eigenvalue weighted by Crippen LogP contribution is -2.31. The molecule has 0 atom stereocenters. The highest BCUT2D eigenvalue weighted by atomic mass is 19.1. The minimum Gasteiger partial charge on any atom is -0.396 e. The summed E-state index contributed by atoms with van der Waals surface area (Å²) in [6.07, 6.45) is 2.49. The van der Waals surface area contributed by atoms with Gasteiger partial charge in [0.2, 0.25) is 0 Å². The van der Waals surface area contributed by atoms with Gasteiger partial charge in [0.05, 0.1) is 17.9 Å². The zero-order valence-electron chi connectivity index (χ0n) is 11.1. The van der Waals surface area contributed by atoms with E-state index in [1.54, 1.807) is 7.05 Å². The standard InChI is InChI=1S/C14H19FN2O2/c1-17(7-8-19-9-10-5-6-10)14(18)11-3-2-4-12(15)13(11)16/h2-4,10H,5-9,16H2,1H3. The number of nitrogens with two attached hydrogens (primary N) is 1. The molecular weight excluding hydrogens is 247 g/mol. The maximum absolute atomic E-state index is 13.3. The molecule has 0 heterocycles. The van der Waals surface area contributed by atoms with E-state index in [-0.39, 0.29) is 17.2 Å². The highest BCUT2D eigenvalue weighted by Gasteiger charge is 2.21. The number of rotatable bonds is 6. The molecule has 0 aromatic heterocycles. The Balaban J connectivity index is 1.84. The predicted octanol–water partition coefficient (Wildman–Crippen LogP) is 1.91. The number of ether oxygens (including phenoxy) is 1. The molecule has 5 heteroatoms. The monoisotopic (exact) mass is 266 g/mol. The second-order valence-corrected chi connectivity index (χ2v) is 4.95. The third kappa shape index (κ3) is 3.67. The van der Waals surface area contributed by atoms with Crippen LogP contribution in [0.25, 0.3) is 0 Å². The van der Waals surface area contributed by atoms with Crippen LogP contribution in [0.1, 0.15) is 23.2 Å². The van der Waals surface area contributed by atoms with Crippen LogP contribution in [0.4, 0.5) is 10.1 Å². The summed E-state index contributed by atoms with van der Waals surface area (Å²) in [5, 5.41) is 0. The zero-order valence-corrected chi connectivity index (χ0v) is 11.1. The van der Waals surface area contributed by atoms with E-state index < -0.39 is 5.82 Å². The van der Waals surface area contributed by atoms with Crippen molar-refractivity contribution in [3.63, 3.8) is 0 Å². The Kier molecular flexibility index (Phi) is 4.37. The number of hydrogen-bond donors (Lipinski definition) is 1. The van der Waals surface area contributed by atoms with Crippen LogP contribution in [0.3, 0.4) is 0 Å².